The van der Waals surface area contributed by atoms with Crippen LogP contribution in [0, 0.1) is 0 Å². The summed E-state index contributed by atoms with van der Waals surface area (Å²) in [5, 5.41) is 9.03. The second-order valence-electron chi connectivity index (χ2n) is 10.0. The predicted octanol–water partition coefficient (Wildman–Crippen LogP) is 4.59. The molecule has 0 amide bonds. The molecule has 5 aromatic rings. The normalized spacial score (nSPS) is 14.4. The third-order valence-electron chi connectivity index (χ3n) is 7.09. The fourth-order valence-corrected chi connectivity index (χ4v) is 6.40. The fraction of sp³-hybridized carbons (Fsp3) is 0.233. The minimum absolute atomic E-state index is 0.456. The molecule has 1 aliphatic rings. The summed E-state index contributed by atoms with van der Waals surface area (Å²) in [6.45, 7) is 7.42. The van der Waals surface area contributed by atoms with E-state index < -0.39 is 7.92 Å². The summed E-state index contributed by atoms with van der Waals surface area (Å²) in [4.78, 5) is 28.6. The van der Waals surface area contributed by atoms with E-state index in [2.05, 4.69) is 67.0 Å². The summed E-state index contributed by atoms with van der Waals surface area (Å²) in [5.74, 6) is 1.15. The first-order valence-corrected chi connectivity index (χ1v) is 15.9. The molecule has 4 heterocycles. The number of anilines is 5. The molecule has 0 bridgehead atoms. The van der Waals surface area contributed by atoms with Crippen molar-refractivity contribution in [3.63, 3.8) is 0 Å². The Morgan fingerprint density at radius 3 is 2.69 bits per heavy atom. The van der Waals surface area contributed by atoms with Crippen molar-refractivity contribution in [1.29, 1.82) is 0 Å². The van der Waals surface area contributed by atoms with E-state index in [4.69, 9.17) is 20.4 Å². The molecule has 11 nitrogen and oxygen atoms in total. The van der Waals surface area contributed by atoms with Crippen LogP contribution < -0.4 is 26.6 Å². The molecule has 1 saturated heterocycles. The third-order valence-corrected chi connectivity index (χ3v) is 8.44. The SMILES string of the molecule is CN=CC(=CN)c1cc(Nc2nc(Nc3ccc4nccnc4c3P(C)C)c3cc[nH]c3n2)ccc1N1CCOCC1. The largest absolute Gasteiger partial charge is 0.404 e. The van der Waals surface area contributed by atoms with Crippen LogP contribution in [-0.2, 0) is 4.74 Å². The molecule has 12 heteroatoms. The summed E-state index contributed by atoms with van der Waals surface area (Å²) < 4.78 is 5.57. The van der Waals surface area contributed by atoms with Gasteiger partial charge in [0.25, 0.3) is 0 Å². The minimum atomic E-state index is -0.485. The highest BCUT2D eigenvalue weighted by Gasteiger charge is 2.19. The number of nitrogens with one attached hydrogen (secondary N) is 3. The highest BCUT2D eigenvalue weighted by Crippen LogP contribution is 2.35. The van der Waals surface area contributed by atoms with Gasteiger partial charge in [0.05, 0.1) is 29.6 Å². The van der Waals surface area contributed by atoms with Crippen LogP contribution in [0.4, 0.5) is 28.8 Å². The van der Waals surface area contributed by atoms with Crippen LogP contribution in [0.15, 0.2) is 66.2 Å². The van der Waals surface area contributed by atoms with E-state index >= 15 is 0 Å². The highest BCUT2D eigenvalue weighted by atomic mass is 31.1. The van der Waals surface area contributed by atoms with E-state index in [0.717, 1.165) is 68.7 Å². The van der Waals surface area contributed by atoms with Crippen LogP contribution in [0.1, 0.15) is 5.56 Å². The van der Waals surface area contributed by atoms with Crippen LogP contribution in [0.25, 0.3) is 27.6 Å². The van der Waals surface area contributed by atoms with Gasteiger partial charge in [0, 0.05) is 84.6 Å². The molecule has 1 fully saturated rings. The summed E-state index contributed by atoms with van der Waals surface area (Å²) in [6.07, 6.45) is 8.68. The first-order valence-electron chi connectivity index (χ1n) is 13.7. The lowest BCUT2D eigenvalue weighted by atomic mass is 10.0. The van der Waals surface area contributed by atoms with Gasteiger partial charge in [0.15, 0.2) is 0 Å². The zero-order chi connectivity index (χ0) is 29.1. The van der Waals surface area contributed by atoms with Crippen molar-refractivity contribution >= 4 is 75.9 Å². The molecule has 3 aromatic heterocycles. The summed E-state index contributed by atoms with van der Waals surface area (Å²) >= 11 is 0. The molecule has 42 heavy (non-hydrogen) atoms. The van der Waals surface area contributed by atoms with E-state index in [-0.39, 0.29) is 0 Å². The van der Waals surface area contributed by atoms with Crippen LogP contribution >= 0.6 is 7.92 Å². The van der Waals surface area contributed by atoms with E-state index in [1.807, 2.05) is 24.4 Å². The average Bonchev–Trinajstić information content (AvgIpc) is 3.49. The average molecular weight is 581 g/mol. The number of morpholine rings is 1. The molecule has 6 rings (SSSR count). The van der Waals surface area contributed by atoms with E-state index in [9.17, 15) is 0 Å². The molecule has 2 aromatic carbocycles. The molecular weight excluding hydrogens is 547 g/mol. The number of benzene rings is 2. The lowest BCUT2D eigenvalue weighted by molar-refractivity contribution is 0.122. The maximum atomic E-state index is 6.04. The summed E-state index contributed by atoms with van der Waals surface area (Å²) in [7, 11) is 1.25. The number of allylic oxidation sites excluding steroid dienone is 1. The maximum Gasteiger partial charge on any atom is 0.231 e. The zero-order valence-corrected chi connectivity index (χ0v) is 24.7. The van der Waals surface area contributed by atoms with Gasteiger partial charge >= 0.3 is 0 Å². The summed E-state index contributed by atoms with van der Waals surface area (Å²) in [5.41, 5.74) is 13.2. The lowest BCUT2D eigenvalue weighted by Crippen LogP contribution is -2.36. The molecule has 0 atom stereocenters. The van der Waals surface area contributed by atoms with Crippen molar-refractivity contribution in [2.24, 2.45) is 10.7 Å². The lowest BCUT2D eigenvalue weighted by Gasteiger charge is -2.31. The molecule has 1 aliphatic heterocycles. The highest BCUT2D eigenvalue weighted by molar-refractivity contribution is 7.65. The Labute approximate surface area is 245 Å². The Bertz CT molecular complexity index is 1790. The number of fused-ring (bicyclic) bond motifs is 2. The number of aliphatic imine (C=N–C) groups is 1. The number of nitrogens with two attached hydrogens (primary N) is 1. The molecular formula is C30H33N10OP. The number of hydrogen-bond acceptors (Lipinski definition) is 10. The topological polar surface area (TPSA) is 142 Å². The van der Waals surface area contributed by atoms with Gasteiger partial charge in [-0.3, -0.25) is 15.0 Å². The minimum Gasteiger partial charge on any atom is -0.404 e. The van der Waals surface area contributed by atoms with Crippen molar-refractivity contribution in [2.45, 2.75) is 0 Å². The number of rotatable bonds is 8. The Morgan fingerprint density at radius 2 is 1.90 bits per heavy atom. The third kappa shape index (κ3) is 5.48. The molecule has 5 N–H and O–H groups in total. The molecule has 0 saturated carbocycles. The van der Waals surface area contributed by atoms with Crippen molar-refractivity contribution in [1.82, 2.24) is 24.9 Å². The van der Waals surface area contributed by atoms with Crippen LogP contribution in [0.2, 0.25) is 0 Å². The van der Waals surface area contributed by atoms with Gasteiger partial charge < -0.3 is 31.0 Å². The Hall–Kier alpha value is -4.60. The monoisotopic (exact) mass is 580 g/mol. The molecule has 0 radical (unpaired) electrons. The van der Waals surface area contributed by atoms with Gasteiger partial charge in [-0.15, -0.1) is 0 Å². The van der Waals surface area contributed by atoms with Gasteiger partial charge in [0.2, 0.25) is 5.95 Å². The summed E-state index contributed by atoms with van der Waals surface area (Å²) in [6, 6.07) is 12.2. The number of hydrogen-bond donors (Lipinski definition) is 4. The number of aromatic nitrogens is 5. The second kappa shape index (κ2) is 12.1. The van der Waals surface area contributed by atoms with Gasteiger partial charge in [-0.2, -0.15) is 9.97 Å². The first-order chi connectivity index (χ1) is 20.6. The maximum absolute atomic E-state index is 6.04. The number of aromatic amines is 1. The van der Waals surface area contributed by atoms with Gasteiger partial charge in [-0.05, 0) is 49.7 Å². The van der Waals surface area contributed by atoms with Crippen molar-refractivity contribution in [3.05, 3.63) is 66.8 Å². The van der Waals surface area contributed by atoms with Crippen LogP contribution in [0.5, 0.6) is 0 Å². The molecule has 0 aliphatic carbocycles. The molecule has 0 unspecified atom stereocenters. The Morgan fingerprint density at radius 1 is 1.07 bits per heavy atom. The van der Waals surface area contributed by atoms with E-state index in [1.165, 1.54) is 0 Å². The smallest absolute Gasteiger partial charge is 0.231 e. The predicted molar refractivity (Wildman–Crippen MR) is 174 cm³/mol. The first kappa shape index (κ1) is 27.6. The molecule has 214 valence electrons. The van der Waals surface area contributed by atoms with Gasteiger partial charge in [-0.25, -0.2) is 0 Å². The number of H-pyrrole nitrogens is 1. The van der Waals surface area contributed by atoms with Gasteiger partial charge in [-0.1, -0.05) is 7.92 Å². The zero-order valence-electron chi connectivity index (χ0n) is 23.8. The standard InChI is InChI=1S/C30H33N10OP/c1-32-18-19(17-31)22-16-20(4-7-25(22)40-12-14-41-15-13-40)36-30-38-28-21(8-9-35-28)29(39-30)37-24-6-5-23-26(27(24)42(2)3)34-11-10-33-23/h4-11,16-18H,12-15,31H2,1-3H3,(H3,35,36,37,38,39). The van der Waals surface area contributed by atoms with Crippen LogP contribution in [0.3, 0.4) is 0 Å². The second-order valence-corrected chi connectivity index (χ2v) is 12.2. The number of nitrogens with zero attached hydrogens (tertiary/aromatic N) is 6. The van der Waals surface area contributed by atoms with Crippen molar-refractivity contribution in [3.8, 4) is 0 Å². The van der Waals surface area contributed by atoms with Crippen molar-refractivity contribution < 1.29 is 4.74 Å². The Kier molecular flexibility index (Phi) is 7.94. The Balaban J connectivity index is 1.38. The number of ether oxygens (including phenoxy) is 1. The van der Waals surface area contributed by atoms with Crippen molar-refractivity contribution in [2.75, 3.05) is 62.2 Å². The fourth-order valence-electron chi connectivity index (χ4n) is 5.19. The van der Waals surface area contributed by atoms with Crippen LogP contribution in [-0.4, -0.2) is 77.8 Å². The quantitative estimate of drug-likeness (QED) is 0.153. The van der Waals surface area contributed by atoms with Gasteiger partial charge in [0.1, 0.15) is 11.5 Å². The van der Waals surface area contributed by atoms with E-state index in [0.29, 0.717) is 25.0 Å². The molecule has 0 spiro atoms. The van der Waals surface area contributed by atoms with E-state index in [1.54, 1.807) is 31.9 Å².